The van der Waals surface area contributed by atoms with Crippen LogP contribution >= 0.6 is 7.82 Å². The minimum Gasteiger partial charge on any atom is -0.463 e. The molecule has 0 rings (SSSR count). The Labute approximate surface area is 138 Å². The lowest BCUT2D eigenvalue weighted by atomic mass is 10.1. The minimum atomic E-state index is -3.73. The third-order valence-electron chi connectivity index (χ3n) is 2.60. The van der Waals surface area contributed by atoms with Gasteiger partial charge in [0.15, 0.2) is 0 Å². The van der Waals surface area contributed by atoms with Crippen molar-refractivity contribution in [2.75, 3.05) is 19.8 Å². The smallest absolute Gasteiger partial charge is 0.463 e. The van der Waals surface area contributed by atoms with Gasteiger partial charge in [0.25, 0.3) is 0 Å². The molecule has 0 aromatic heterocycles. The first-order chi connectivity index (χ1) is 10.9. The van der Waals surface area contributed by atoms with Crippen LogP contribution in [0.5, 0.6) is 0 Å². The molecule has 132 valence electrons. The maximum atomic E-state index is 12.4. The molecule has 7 heteroatoms. The van der Waals surface area contributed by atoms with Crippen LogP contribution in [0, 0.1) is 0 Å². The van der Waals surface area contributed by atoms with E-state index in [-0.39, 0.29) is 25.6 Å². The van der Waals surface area contributed by atoms with Gasteiger partial charge in [0.2, 0.25) is 0 Å². The highest BCUT2D eigenvalue weighted by molar-refractivity contribution is 7.48. The van der Waals surface area contributed by atoms with Gasteiger partial charge in [0.05, 0.1) is 25.4 Å². The quantitative estimate of drug-likeness (QED) is 0.170. The minimum absolute atomic E-state index is 0.168. The van der Waals surface area contributed by atoms with Crippen LogP contribution < -0.4 is 0 Å². The van der Waals surface area contributed by atoms with Crippen LogP contribution in [0.3, 0.4) is 0 Å². The van der Waals surface area contributed by atoms with Crippen LogP contribution in [-0.4, -0.2) is 25.8 Å². The van der Waals surface area contributed by atoms with E-state index >= 15 is 0 Å². The standard InChI is InChI=1S/C16H27O6P/c1-6-10-11-12-13-15(16(17)19-7-2)14(5)22-23(18,20-8-3)21-9-4/h6,10-11H,1,7-9,12-13H2,2-5H3/b11-10+,15-14-. The zero-order valence-electron chi connectivity index (χ0n) is 14.4. The Hall–Kier alpha value is -1.36. The number of allylic oxidation sites excluding steroid dienone is 4. The molecule has 0 aromatic rings. The highest BCUT2D eigenvalue weighted by Gasteiger charge is 2.29. The molecule has 0 N–H and O–H groups in total. The summed E-state index contributed by atoms with van der Waals surface area (Å²) in [4.78, 5) is 12.1. The molecule has 0 amide bonds. The molecule has 0 aliphatic rings. The Morgan fingerprint density at radius 2 is 1.74 bits per heavy atom. The van der Waals surface area contributed by atoms with E-state index in [4.69, 9.17) is 18.3 Å². The number of hydrogen-bond acceptors (Lipinski definition) is 6. The van der Waals surface area contributed by atoms with Crippen molar-refractivity contribution < 1.29 is 27.7 Å². The zero-order valence-corrected chi connectivity index (χ0v) is 15.3. The lowest BCUT2D eigenvalue weighted by molar-refractivity contribution is -0.138. The van der Waals surface area contributed by atoms with E-state index in [0.717, 1.165) is 0 Å². The molecule has 0 unspecified atom stereocenters. The summed E-state index contributed by atoms with van der Waals surface area (Å²) in [7, 11) is -3.73. The summed E-state index contributed by atoms with van der Waals surface area (Å²) in [5, 5.41) is 0. The van der Waals surface area contributed by atoms with Gasteiger partial charge in [-0.1, -0.05) is 24.8 Å². The number of hydrogen-bond donors (Lipinski definition) is 0. The average Bonchev–Trinajstić information content (AvgIpc) is 2.47. The summed E-state index contributed by atoms with van der Waals surface area (Å²) in [6, 6.07) is 0. The second-order valence-electron chi connectivity index (χ2n) is 4.33. The van der Waals surface area contributed by atoms with Crippen molar-refractivity contribution in [3.05, 3.63) is 36.1 Å². The van der Waals surface area contributed by atoms with Crippen molar-refractivity contribution in [3.8, 4) is 0 Å². The maximum absolute atomic E-state index is 12.4. The average molecular weight is 346 g/mol. The summed E-state index contributed by atoms with van der Waals surface area (Å²) in [6.07, 6.45) is 6.27. The molecule has 0 spiro atoms. The first kappa shape index (κ1) is 21.6. The molecule has 6 nitrogen and oxygen atoms in total. The second kappa shape index (κ2) is 12.1. The van der Waals surface area contributed by atoms with Gasteiger partial charge in [-0.05, 0) is 40.5 Å². The number of ether oxygens (including phenoxy) is 1. The predicted octanol–water partition coefficient (Wildman–Crippen LogP) is 4.54. The van der Waals surface area contributed by atoms with E-state index < -0.39 is 13.8 Å². The lowest BCUT2D eigenvalue weighted by Crippen LogP contribution is -2.11. The van der Waals surface area contributed by atoms with Gasteiger partial charge in [-0.2, -0.15) is 0 Å². The van der Waals surface area contributed by atoms with Gasteiger partial charge >= 0.3 is 13.8 Å². The van der Waals surface area contributed by atoms with Gasteiger partial charge in [-0.15, -0.1) is 0 Å². The molecular weight excluding hydrogens is 319 g/mol. The number of phosphoric ester groups is 1. The van der Waals surface area contributed by atoms with E-state index in [1.165, 1.54) is 0 Å². The Morgan fingerprint density at radius 3 is 2.22 bits per heavy atom. The molecule has 0 bridgehead atoms. The fraction of sp³-hybridized carbons (Fsp3) is 0.562. The molecule has 0 atom stereocenters. The van der Waals surface area contributed by atoms with Crippen molar-refractivity contribution >= 4 is 13.8 Å². The fourth-order valence-corrected chi connectivity index (χ4v) is 2.95. The van der Waals surface area contributed by atoms with Gasteiger partial charge in [-0.3, -0.25) is 9.05 Å². The fourth-order valence-electron chi connectivity index (χ4n) is 1.69. The normalized spacial score (nSPS) is 12.9. The summed E-state index contributed by atoms with van der Waals surface area (Å²) in [5.74, 6) is -0.322. The van der Waals surface area contributed by atoms with Gasteiger partial charge in [-0.25, -0.2) is 9.36 Å². The van der Waals surface area contributed by atoms with Crippen molar-refractivity contribution in [3.63, 3.8) is 0 Å². The first-order valence-corrected chi connectivity index (χ1v) is 9.13. The lowest BCUT2D eigenvalue weighted by Gasteiger charge is -2.19. The molecule has 0 aliphatic carbocycles. The molecule has 0 saturated heterocycles. The Kier molecular flexibility index (Phi) is 11.4. The SMILES string of the molecule is C=C/C=C/CC/C(C(=O)OCC)=C(\C)OP(=O)(OCC)OCC. The Bertz CT molecular complexity index is 471. The van der Waals surface area contributed by atoms with Gasteiger partial charge in [0, 0.05) is 0 Å². The van der Waals surface area contributed by atoms with E-state index in [1.54, 1.807) is 39.8 Å². The molecule has 0 radical (unpaired) electrons. The van der Waals surface area contributed by atoms with Gasteiger partial charge in [0.1, 0.15) is 5.76 Å². The zero-order chi connectivity index (χ0) is 17.7. The number of carbonyl (C=O) groups is 1. The van der Waals surface area contributed by atoms with Crippen LogP contribution in [0.1, 0.15) is 40.5 Å². The summed E-state index contributed by atoms with van der Waals surface area (Å²) in [6.45, 7) is 10.8. The molecule has 0 aromatic carbocycles. The Balaban J connectivity index is 5.29. The molecule has 23 heavy (non-hydrogen) atoms. The number of rotatable bonds is 12. The van der Waals surface area contributed by atoms with Crippen LogP contribution in [0.25, 0.3) is 0 Å². The van der Waals surface area contributed by atoms with E-state index in [2.05, 4.69) is 6.58 Å². The van der Waals surface area contributed by atoms with Crippen molar-refractivity contribution in [2.45, 2.75) is 40.5 Å². The summed E-state index contributed by atoms with van der Waals surface area (Å²) in [5.41, 5.74) is 0.306. The number of phosphoric acid groups is 1. The largest absolute Gasteiger partial charge is 0.529 e. The molecular formula is C16H27O6P. The van der Waals surface area contributed by atoms with E-state index in [1.807, 2.05) is 6.08 Å². The molecule has 0 heterocycles. The second-order valence-corrected chi connectivity index (χ2v) is 5.93. The summed E-state index contributed by atoms with van der Waals surface area (Å²) < 4.78 is 32.9. The topological polar surface area (TPSA) is 71.1 Å². The molecule has 0 fully saturated rings. The van der Waals surface area contributed by atoms with E-state index in [0.29, 0.717) is 18.4 Å². The van der Waals surface area contributed by atoms with Gasteiger partial charge < -0.3 is 9.26 Å². The highest BCUT2D eigenvalue weighted by atomic mass is 31.2. The van der Waals surface area contributed by atoms with Crippen LogP contribution in [-0.2, 0) is 27.7 Å². The number of esters is 1. The monoisotopic (exact) mass is 346 g/mol. The van der Waals surface area contributed by atoms with E-state index in [9.17, 15) is 9.36 Å². The highest BCUT2D eigenvalue weighted by Crippen LogP contribution is 2.51. The predicted molar refractivity (Wildman–Crippen MR) is 89.8 cm³/mol. The maximum Gasteiger partial charge on any atom is 0.529 e. The molecule has 0 aliphatic heterocycles. The third-order valence-corrected chi connectivity index (χ3v) is 4.25. The van der Waals surface area contributed by atoms with Crippen LogP contribution in [0.2, 0.25) is 0 Å². The first-order valence-electron chi connectivity index (χ1n) is 7.67. The van der Waals surface area contributed by atoms with Crippen LogP contribution in [0.15, 0.2) is 36.1 Å². The number of carbonyl (C=O) groups excluding carboxylic acids is 1. The van der Waals surface area contributed by atoms with Crippen molar-refractivity contribution in [1.82, 2.24) is 0 Å². The van der Waals surface area contributed by atoms with Crippen molar-refractivity contribution in [2.24, 2.45) is 0 Å². The van der Waals surface area contributed by atoms with Crippen molar-refractivity contribution in [1.29, 1.82) is 0 Å². The van der Waals surface area contributed by atoms with Crippen LogP contribution in [0.4, 0.5) is 0 Å². The third kappa shape index (κ3) is 8.74. The Morgan fingerprint density at radius 1 is 1.13 bits per heavy atom. The molecule has 0 saturated carbocycles. The summed E-state index contributed by atoms with van der Waals surface area (Å²) >= 11 is 0.